The van der Waals surface area contributed by atoms with E-state index in [0.717, 1.165) is 77.4 Å². The third-order valence-electron chi connectivity index (χ3n) is 10.4. The Morgan fingerprint density at radius 1 is 0.345 bits per heavy atom. The van der Waals surface area contributed by atoms with Crippen LogP contribution >= 0.6 is 0 Å². The van der Waals surface area contributed by atoms with Crippen molar-refractivity contribution in [2.75, 3.05) is 0 Å². The van der Waals surface area contributed by atoms with E-state index in [0.29, 0.717) is 17.5 Å². The Morgan fingerprint density at radius 3 is 1.58 bits per heavy atom. The van der Waals surface area contributed by atoms with Gasteiger partial charge in [0.15, 0.2) is 17.5 Å². The van der Waals surface area contributed by atoms with Gasteiger partial charge in [0.05, 0.1) is 16.7 Å². The Morgan fingerprint density at radius 2 is 0.891 bits per heavy atom. The van der Waals surface area contributed by atoms with Gasteiger partial charge in [0.2, 0.25) is 0 Å². The molecule has 0 N–H and O–H groups in total. The average molecular weight is 703 g/mol. The van der Waals surface area contributed by atoms with E-state index >= 15 is 0 Å². The predicted molar refractivity (Wildman–Crippen MR) is 224 cm³/mol. The first-order chi connectivity index (χ1) is 27.2. The number of benzene rings is 7. The Hall–Kier alpha value is -7.57. The number of hydrogen-bond acceptors (Lipinski definition) is 5. The summed E-state index contributed by atoms with van der Waals surface area (Å²) in [6.07, 6.45) is 2.06. The molecular formula is C49H30N6. The van der Waals surface area contributed by atoms with Crippen LogP contribution in [0.25, 0.3) is 106 Å². The van der Waals surface area contributed by atoms with E-state index in [1.807, 2.05) is 30.3 Å². The zero-order chi connectivity index (χ0) is 36.3. The van der Waals surface area contributed by atoms with Gasteiger partial charge in [0.1, 0.15) is 11.2 Å². The molecule has 0 radical (unpaired) electrons. The smallest absolute Gasteiger partial charge is 0.164 e. The van der Waals surface area contributed by atoms with Gasteiger partial charge >= 0.3 is 0 Å². The molecule has 4 aromatic heterocycles. The van der Waals surface area contributed by atoms with Gasteiger partial charge in [-0.05, 0) is 69.1 Å². The molecule has 6 heteroatoms. The molecule has 4 heterocycles. The van der Waals surface area contributed by atoms with E-state index in [1.165, 1.54) is 10.8 Å². The van der Waals surface area contributed by atoms with Crippen molar-refractivity contribution in [2.24, 2.45) is 0 Å². The molecule has 0 spiro atoms. The van der Waals surface area contributed by atoms with Crippen molar-refractivity contribution in [2.45, 2.75) is 0 Å². The highest BCUT2D eigenvalue weighted by Crippen LogP contribution is 2.35. The van der Waals surface area contributed by atoms with Crippen LogP contribution in [0.3, 0.4) is 0 Å². The maximum atomic E-state index is 5.17. The monoisotopic (exact) mass is 702 g/mol. The Bertz CT molecular complexity index is 3180. The molecule has 6 nitrogen and oxygen atoms in total. The van der Waals surface area contributed by atoms with Crippen LogP contribution in [0, 0.1) is 0 Å². The largest absolute Gasteiger partial charge is 0.298 e. The summed E-state index contributed by atoms with van der Waals surface area (Å²) >= 11 is 0. The second-order valence-corrected chi connectivity index (χ2v) is 13.8. The van der Waals surface area contributed by atoms with Crippen LogP contribution in [0.2, 0.25) is 0 Å². The minimum atomic E-state index is 0.621. The molecule has 11 rings (SSSR count). The maximum absolute atomic E-state index is 5.17. The lowest BCUT2D eigenvalue weighted by atomic mass is 9.99. The fraction of sp³-hybridized carbons (Fsp3) is 0. The summed E-state index contributed by atoms with van der Waals surface area (Å²) in [5.74, 6) is 1.89. The molecule has 0 atom stereocenters. The molecule has 0 unspecified atom stereocenters. The van der Waals surface area contributed by atoms with Gasteiger partial charge in [-0.2, -0.15) is 0 Å². The zero-order valence-electron chi connectivity index (χ0n) is 29.5. The van der Waals surface area contributed by atoms with Gasteiger partial charge in [0, 0.05) is 33.8 Å². The van der Waals surface area contributed by atoms with Gasteiger partial charge in [-0.3, -0.25) is 4.40 Å². The molecule has 0 saturated heterocycles. The van der Waals surface area contributed by atoms with Crippen molar-refractivity contribution < 1.29 is 0 Å². The number of imidazole rings is 1. The van der Waals surface area contributed by atoms with E-state index in [2.05, 4.69) is 156 Å². The maximum Gasteiger partial charge on any atom is 0.164 e. The van der Waals surface area contributed by atoms with Crippen molar-refractivity contribution in [1.82, 2.24) is 29.3 Å². The summed E-state index contributed by atoms with van der Waals surface area (Å²) < 4.78 is 2.13. The predicted octanol–water partition coefficient (Wildman–Crippen LogP) is 11.9. The standard InChI is InChI=1S/C49H30N6/c1-3-12-35-29-39(25-21-31(35)10-1)48-52-47(53-49(54-48)40-26-22-32-11-2-4-13-36(32)30-40)38-15-9-14-37(28-38)33-19-23-34(24-20-33)44-46-45(41-16-5-6-17-42(41)50-44)51-43-18-7-8-27-55(43)46/h1-30H. The van der Waals surface area contributed by atoms with Gasteiger partial charge in [-0.1, -0.05) is 140 Å². The molecule has 7 aromatic carbocycles. The van der Waals surface area contributed by atoms with Crippen molar-refractivity contribution in [1.29, 1.82) is 0 Å². The summed E-state index contributed by atoms with van der Waals surface area (Å²) in [5, 5.41) is 5.67. The molecule has 0 aliphatic carbocycles. The molecule has 0 bridgehead atoms. The molecular weight excluding hydrogens is 673 g/mol. The zero-order valence-corrected chi connectivity index (χ0v) is 29.5. The quantitative estimate of drug-likeness (QED) is 0.179. The SMILES string of the molecule is c1cc(-c2ccc(-c3nc4ccccc4c4nc5ccccn5c34)cc2)cc(-c2nc(-c3ccc4ccccc4c3)nc(-c3ccc4ccccc4c3)n2)c1. The highest BCUT2D eigenvalue weighted by molar-refractivity contribution is 6.09. The first-order valence-corrected chi connectivity index (χ1v) is 18.3. The van der Waals surface area contributed by atoms with Crippen LogP contribution in [-0.2, 0) is 0 Å². The first kappa shape index (κ1) is 31.0. The summed E-state index contributed by atoms with van der Waals surface area (Å²) in [7, 11) is 0. The van der Waals surface area contributed by atoms with E-state index in [9.17, 15) is 0 Å². The van der Waals surface area contributed by atoms with Crippen molar-refractivity contribution in [3.8, 4) is 56.5 Å². The Balaban J connectivity index is 1.01. The third kappa shape index (κ3) is 5.39. The molecule has 0 fully saturated rings. The van der Waals surface area contributed by atoms with Crippen molar-refractivity contribution >= 4 is 49.1 Å². The van der Waals surface area contributed by atoms with Crippen LogP contribution < -0.4 is 0 Å². The normalized spacial score (nSPS) is 11.6. The Labute approximate surface area is 316 Å². The third-order valence-corrected chi connectivity index (χ3v) is 10.4. The van der Waals surface area contributed by atoms with Crippen LogP contribution in [0.4, 0.5) is 0 Å². The van der Waals surface area contributed by atoms with Crippen molar-refractivity contribution in [3.05, 3.63) is 182 Å². The molecule has 11 aromatic rings. The average Bonchev–Trinajstić information content (AvgIpc) is 3.66. The topological polar surface area (TPSA) is 68.9 Å². The fourth-order valence-electron chi connectivity index (χ4n) is 7.63. The molecule has 0 amide bonds. The number of hydrogen-bond donors (Lipinski definition) is 0. The minimum absolute atomic E-state index is 0.621. The number of para-hydroxylation sites is 1. The second-order valence-electron chi connectivity index (χ2n) is 13.8. The minimum Gasteiger partial charge on any atom is -0.298 e. The van der Waals surface area contributed by atoms with Gasteiger partial charge < -0.3 is 0 Å². The van der Waals surface area contributed by atoms with E-state index in [-0.39, 0.29) is 0 Å². The fourth-order valence-corrected chi connectivity index (χ4v) is 7.63. The summed E-state index contributed by atoms with van der Waals surface area (Å²) in [6, 6.07) is 60.8. The summed E-state index contributed by atoms with van der Waals surface area (Å²) in [6.45, 7) is 0. The molecule has 0 saturated carbocycles. The Kier molecular flexibility index (Phi) is 7.07. The number of pyridine rings is 2. The molecule has 0 aliphatic heterocycles. The first-order valence-electron chi connectivity index (χ1n) is 18.3. The summed E-state index contributed by atoms with van der Waals surface area (Å²) in [4.78, 5) is 25.4. The van der Waals surface area contributed by atoms with Crippen LogP contribution in [0.1, 0.15) is 0 Å². The van der Waals surface area contributed by atoms with Gasteiger partial charge in [-0.15, -0.1) is 0 Å². The summed E-state index contributed by atoms with van der Waals surface area (Å²) in [5.41, 5.74) is 10.7. The molecule has 0 aliphatic rings. The lowest BCUT2D eigenvalue weighted by Crippen LogP contribution is -2.00. The van der Waals surface area contributed by atoms with Crippen molar-refractivity contribution in [3.63, 3.8) is 0 Å². The molecule has 256 valence electrons. The van der Waals surface area contributed by atoms with E-state index < -0.39 is 0 Å². The number of nitrogens with zero attached hydrogens (tertiary/aromatic N) is 6. The molecule has 55 heavy (non-hydrogen) atoms. The van der Waals surface area contributed by atoms with Crippen LogP contribution in [0.15, 0.2) is 182 Å². The van der Waals surface area contributed by atoms with E-state index in [4.69, 9.17) is 24.9 Å². The van der Waals surface area contributed by atoms with Gasteiger partial charge in [0.25, 0.3) is 0 Å². The number of fused-ring (bicyclic) bond motifs is 7. The second kappa shape index (κ2) is 12.5. The van der Waals surface area contributed by atoms with Gasteiger partial charge in [-0.25, -0.2) is 24.9 Å². The number of aromatic nitrogens is 6. The highest BCUT2D eigenvalue weighted by atomic mass is 15.0. The van der Waals surface area contributed by atoms with E-state index in [1.54, 1.807) is 0 Å². The lowest BCUT2D eigenvalue weighted by Gasteiger charge is -2.11. The number of rotatable bonds is 5. The van der Waals surface area contributed by atoms with Crippen LogP contribution in [-0.4, -0.2) is 29.3 Å². The highest BCUT2D eigenvalue weighted by Gasteiger charge is 2.17. The van der Waals surface area contributed by atoms with Crippen LogP contribution in [0.5, 0.6) is 0 Å². The lowest BCUT2D eigenvalue weighted by molar-refractivity contribution is 1.08.